The van der Waals surface area contributed by atoms with E-state index in [0.717, 1.165) is 31.4 Å². The van der Waals surface area contributed by atoms with E-state index in [1.165, 1.54) is 10.4 Å². The van der Waals surface area contributed by atoms with Gasteiger partial charge in [-0.05, 0) is 37.5 Å². The lowest BCUT2D eigenvalue weighted by Crippen LogP contribution is -2.42. The van der Waals surface area contributed by atoms with Crippen molar-refractivity contribution in [2.75, 3.05) is 6.54 Å². The molecule has 6 heteroatoms. The Morgan fingerprint density at radius 3 is 2.79 bits per heavy atom. The number of piperidine rings is 1. The molecular formula is C13H18FNO3S. The van der Waals surface area contributed by atoms with E-state index in [2.05, 4.69) is 0 Å². The second-order valence-corrected chi connectivity index (χ2v) is 6.73. The SMILES string of the molecule is CC1CCCCN1S(=O)(=O)c1cc(F)ccc1CO. The maximum Gasteiger partial charge on any atom is 0.243 e. The summed E-state index contributed by atoms with van der Waals surface area (Å²) in [5.41, 5.74) is 0.235. The van der Waals surface area contributed by atoms with Crippen LogP contribution in [0, 0.1) is 5.82 Å². The average molecular weight is 287 g/mol. The van der Waals surface area contributed by atoms with Crippen LogP contribution >= 0.6 is 0 Å². The lowest BCUT2D eigenvalue weighted by atomic mass is 10.1. The van der Waals surface area contributed by atoms with E-state index < -0.39 is 22.4 Å². The molecule has 0 radical (unpaired) electrons. The Kier molecular flexibility index (Phi) is 4.23. The maximum atomic E-state index is 13.3. The Morgan fingerprint density at radius 1 is 1.42 bits per heavy atom. The van der Waals surface area contributed by atoms with Crippen LogP contribution in [0.3, 0.4) is 0 Å². The van der Waals surface area contributed by atoms with Gasteiger partial charge in [0.15, 0.2) is 0 Å². The van der Waals surface area contributed by atoms with Crippen LogP contribution in [-0.2, 0) is 16.6 Å². The zero-order chi connectivity index (χ0) is 14.0. The minimum Gasteiger partial charge on any atom is -0.392 e. The van der Waals surface area contributed by atoms with Gasteiger partial charge in [0.2, 0.25) is 10.0 Å². The van der Waals surface area contributed by atoms with Crippen LogP contribution in [-0.4, -0.2) is 30.4 Å². The van der Waals surface area contributed by atoms with Crippen LogP contribution in [0.2, 0.25) is 0 Å². The van der Waals surface area contributed by atoms with Crippen LogP contribution in [0.4, 0.5) is 4.39 Å². The maximum absolute atomic E-state index is 13.3. The third-order valence-corrected chi connectivity index (χ3v) is 5.62. The predicted octanol–water partition coefficient (Wildman–Crippen LogP) is 1.88. The van der Waals surface area contributed by atoms with Crippen LogP contribution in [0.25, 0.3) is 0 Å². The molecule has 0 aromatic heterocycles. The lowest BCUT2D eigenvalue weighted by molar-refractivity contribution is 0.263. The fourth-order valence-electron chi connectivity index (χ4n) is 2.45. The first-order chi connectivity index (χ1) is 8.96. The molecule has 1 N–H and O–H groups in total. The second kappa shape index (κ2) is 5.56. The van der Waals surface area contributed by atoms with Crippen molar-refractivity contribution in [3.8, 4) is 0 Å². The molecule has 2 rings (SSSR count). The van der Waals surface area contributed by atoms with Crippen molar-refractivity contribution in [3.05, 3.63) is 29.6 Å². The van der Waals surface area contributed by atoms with Gasteiger partial charge in [0.05, 0.1) is 11.5 Å². The number of halogens is 1. The van der Waals surface area contributed by atoms with Gasteiger partial charge in [0, 0.05) is 12.6 Å². The van der Waals surface area contributed by atoms with Gasteiger partial charge in [-0.15, -0.1) is 0 Å². The molecule has 19 heavy (non-hydrogen) atoms. The van der Waals surface area contributed by atoms with Gasteiger partial charge in [-0.2, -0.15) is 4.31 Å². The minimum absolute atomic E-state index is 0.0893. The monoisotopic (exact) mass is 287 g/mol. The zero-order valence-corrected chi connectivity index (χ0v) is 11.7. The smallest absolute Gasteiger partial charge is 0.243 e. The fraction of sp³-hybridized carbons (Fsp3) is 0.538. The number of hydrogen-bond donors (Lipinski definition) is 1. The summed E-state index contributed by atoms with van der Waals surface area (Å²) in [6.45, 7) is 1.89. The second-order valence-electron chi connectivity index (χ2n) is 4.87. The highest BCUT2D eigenvalue weighted by atomic mass is 32.2. The first-order valence-electron chi connectivity index (χ1n) is 6.38. The third-order valence-electron chi connectivity index (χ3n) is 3.53. The van der Waals surface area contributed by atoms with Crippen molar-refractivity contribution in [2.45, 2.75) is 43.7 Å². The molecule has 1 aliphatic rings. The molecule has 1 aliphatic heterocycles. The van der Waals surface area contributed by atoms with E-state index in [-0.39, 0.29) is 16.5 Å². The zero-order valence-electron chi connectivity index (χ0n) is 10.8. The summed E-state index contributed by atoms with van der Waals surface area (Å²) in [6, 6.07) is 3.37. The van der Waals surface area contributed by atoms with Crippen LogP contribution < -0.4 is 0 Å². The van der Waals surface area contributed by atoms with E-state index in [0.29, 0.717) is 6.54 Å². The van der Waals surface area contributed by atoms with Crippen LogP contribution in [0.15, 0.2) is 23.1 Å². The van der Waals surface area contributed by atoms with E-state index in [1.807, 2.05) is 6.92 Å². The average Bonchev–Trinajstić information content (AvgIpc) is 2.39. The summed E-state index contributed by atoms with van der Waals surface area (Å²) in [4.78, 5) is -0.122. The molecule has 1 aromatic rings. The molecule has 1 fully saturated rings. The largest absolute Gasteiger partial charge is 0.392 e. The van der Waals surface area contributed by atoms with Crippen LogP contribution in [0.1, 0.15) is 31.7 Å². The van der Waals surface area contributed by atoms with Crippen molar-refractivity contribution < 1.29 is 17.9 Å². The summed E-state index contributed by atoms with van der Waals surface area (Å²) >= 11 is 0. The molecule has 0 aliphatic carbocycles. The van der Waals surface area contributed by atoms with Gasteiger partial charge < -0.3 is 5.11 Å². The molecule has 1 heterocycles. The van der Waals surface area contributed by atoms with Gasteiger partial charge in [-0.3, -0.25) is 0 Å². The predicted molar refractivity (Wildman–Crippen MR) is 69.5 cm³/mol. The molecule has 1 saturated heterocycles. The number of rotatable bonds is 3. The Bertz CT molecular complexity index is 559. The van der Waals surface area contributed by atoms with Crippen molar-refractivity contribution >= 4 is 10.0 Å². The first kappa shape index (κ1) is 14.4. The van der Waals surface area contributed by atoms with Gasteiger partial charge in [0.25, 0.3) is 0 Å². The summed E-state index contributed by atoms with van der Waals surface area (Å²) in [7, 11) is -3.74. The minimum atomic E-state index is -3.74. The summed E-state index contributed by atoms with van der Waals surface area (Å²) in [6.07, 6.45) is 2.62. The normalized spacial score (nSPS) is 21.5. The molecule has 1 atom stereocenters. The van der Waals surface area contributed by atoms with E-state index in [9.17, 15) is 17.9 Å². The number of nitrogens with zero attached hydrogens (tertiary/aromatic N) is 1. The van der Waals surface area contributed by atoms with Gasteiger partial charge >= 0.3 is 0 Å². The highest BCUT2D eigenvalue weighted by Crippen LogP contribution is 2.27. The molecule has 0 saturated carbocycles. The third kappa shape index (κ3) is 2.80. The number of hydrogen-bond acceptors (Lipinski definition) is 3. The lowest BCUT2D eigenvalue weighted by Gasteiger charge is -2.32. The van der Waals surface area contributed by atoms with Crippen molar-refractivity contribution in [1.29, 1.82) is 0 Å². The van der Waals surface area contributed by atoms with Crippen molar-refractivity contribution in [2.24, 2.45) is 0 Å². The van der Waals surface area contributed by atoms with E-state index >= 15 is 0 Å². The quantitative estimate of drug-likeness (QED) is 0.923. The standard InChI is InChI=1S/C13H18FNO3S/c1-10-4-2-3-7-15(10)19(17,18)13-8-12(14)6-5-11(13)9-16/h5-6,8,10,16H,2-4,7,9H2,1H3. The molecule has 4 nitrogen and oxygen atoms in total. The molecule has 1 unspecified atom stereocenters. The Hall–Kier alpha value is -0.980. The van der Waals surface area contributed by atoms with Gasteiger partial charge in [0.1, 0.15) is 5.82 Å². The molecule has 1 aromatic carbocycles. The molecule has 0 amide bonds. The Morgan fingerprint density at radius 2 is 2.16 bits per heavy atom. The van der Waals surface area contributed by atoms with Crippen LogP contribution in [0.5, 0.6) is 0 Å². The summed E-state index contributed by atoms with van der Waals surface area (Å²) in [5, 5.41) is 9.23. The number of aliphatic hydroxyl groups excluding tert-OH is 1. The molecule has 0 bridgehead atoms. The van der Waals surface area contributed by atoms with E-state index in [1.54, 1.807) is 0 Å². The Balaban J connectivity index is 2.46. The number of benzene rings is 1. The highest BCUT2D eigenvalue weighted by molar-refractivity contribution is 7.89. The molecule has 0 spiro atoms. The molecule has 106 valence electrons. The van der Waals surface area contributed by atoms with Gasteiger partial charge in [-0.1, -0.05) is 12.5 Å². The molecular weight excluding hydrogens is 269 g/mol. The van der Waals surface area contributed by atoms with Gasteiger partial charge in [-0.25, -0.2) is 12.8 Å². The highest BCUT2D eigenvalue weighted by Gasteiger charge is 2.32. The first-order valence-corrected chi connectivity index (χ1v) is 7.82. The van der Waals surface area contributed by atoms with Crippen molar-refractivity contribution in [1.82, 2.24) is 4.31 Å². The topological polar surface area (TPSA) is 57.6 Å². The summed E-state index contributed by atoms with van der Waals surface area (Å²) < 4.78 is 39.9. The van der Waals surface area contributed by atoms with E-state index in [4.69, 9.17) is 0 Å². The summed E-state index contributed by atoms with van der Waals surface area (Å²) in [5.74, 6) is -0.611. The van der Waals surface area contributed by atoms with Crippen molar-refractivity contribution in [3.63, 3.8) is 0 Å². The number of aliphatic hydroxyl groups is 1. The Labute approximate surface area is 112 Å². The number of sulfonamides is 1. The fourth-order valence-corrected chi connectivity index (χ4v) is 4.38.